The Hall–Kier alpha value is -2.54. The van der Waals surface area contributed by atoms with Gasteiger partial charge in [-0.25, -0.2) is 8.42 Å². The zero-order valence-electron chi connectivity index (χ0n) is 14.7. The largest absolute Gasteiger partial charge is 0.454 e. The van der Waals surface area contributed by atoms with E-state index < -0.39 is 9.84 Å². The maximum absolute atomic E-state index is 12.2. The van der Waals surface area contributed by atoms with Crippen LogP contribution in [0.1, 0.15) is 30.5 Å². The standard InChI is InChI=1S/C19H21NO5S/c1-13(15-5-7-16(8-6-15)26(2,22)23)20-19(21)10-4-14-3-9-17-18(11-14)25-12-24-17/h3,5-9,11,13H,4,10,12H2,1-2H3,(H,20,21). The first-order valence-electron chi connectivity index (χ1n) is 8.31. The van der Waals surface area contributed by atoms with E-state index in [4.69, 9.17) is 9.47 Å². The number of sulfone groups is 1. The first kappa shape index (κ1) is 18.3. The molecule has 2 aromatic carbocycles. The zero-order valence-corrected chi connectivity index (χ0v) is 15.5. The maximum atomic E-state index is 12.2. The second kappa shape index (κ2) is 7.37. The minimum atomic E-state index is -3.22. The third-order valence-electron chi connectivity index (χ3n) is 4.26. The third kappa shape index (κ3) is 4.35. The van der Waals surface area contributed by atoms with Crippen molar-refractivity contribution < 1.29 is 22.7 Å². The van der Waals surface area contributed by atoms with Crippen molar-refractivity contribution in [2.75, 3.05) is 13.0 Å². The highest BCUT2D eigenvalue weighted by molar-refractivity contribution is 7.90. The first-order valence-corrected chi connectivity index (χ1v) is 10.2. The normalized spacial score (nSPS) is 14.1. The van der Waals surface area contributed by atoms with Crippen LogP contribution in [0.25, 0.3) is 0 Å². The topological polar surface area (TPSA) is 81.7 Å². The van der Waals surface area contributed by atoms with Crippen molar-refractivity contribution in [3.8, 4) is 11.5 Å². The highest BCUT2D eigenvalue weighted by atomic mass is 32.2. The van der Waals surface area contributed by atoms with Crippen LogP contribution in [0.4, 0.5) is 0 Å². The summed E-state index contributed by atoms with van der Waals surface area (Å²) in [5, 5.41) is 2.93. The van der Waals surface area contributed by atoms with E-state index in [2.05, 4.69) is 5.32 Å². The summed E-state index contributed by atoms with van der Waals surface area (Å²) in [6.45, 7) is 2.10. The minimum Gasteiger partial charge on any atom is -0.454 e. The van der Waals surface area contributed by atoms with E-state index in [1.807, 2.05) is 25.1 Å². The number of amides is 1. The molecule has 0 saturated carbocycles. The van der Waals surface area contributed by atoms with Gasteiger partial charge in [0.2, 0.25) is 12.7 Å². The average Bonchev–Trinajstić information content (AvgIpc) is 3.07. The average molecular weight is 375 g/mol. The van der Waals surface area contributed by atoms with Gasteiger partial charge in [-0.05, 0) is 48.7 Å². The molecule has 2 aromatic rings. The molecule has 6 nitrogen and oxygen atoms in total. The lowest BCUT2D eigenvalue weighted by atomic mass is 10.1. The van der Waals surface area contributed by atoms with Crippen molar-refractivity contribution in [3.63, 3.8) is 0 Å². The summed E-state index contributed by atoms with van der Waals surface area (Å²) < 4.78 is 33.6. The van der Waals surface area contributed by atoms with Crippen LogP contribution in [0.2, 0.25) is 0 Å². The molecule has 0 saturated heterocycles. The quantitative estimate of drug-likeness (QED) is 0.839. The van der Waals surface area contributed by atoms with E-state index in [9.17, 15) is 13.2 Å². The van der Waals surface area contributed by atoms with Gasteiger partial charge in [-0.15, -0.1) is 0 Å². The number of benzene rings is 2. The van der Waals surface area contributed by atoms with Crippen LogP contribution in [-0.2, 0) is 21.1 Å². The van der Waals surface area contributed by atoms with Crippen LogP contribution >= 0.6 is 0 Å². The zero-order chi connectivity index (χ0) is 18.7. The van der Waals surface area contributed by atoms with Gasteiger partial charge in [-0.2, -0.15) is 0 Å². The summed E-state index contributed by atoms with van der Waals surface area (Å²) in [6, 6.07) is 12.0. The summed E-state index contributed by atoms with van der Waals surface area (Å²) in [7, 11) is -3.22. The van der Waals surface area contributed by atoms with Crippen LogP contribution in [-0.4, -0.2) is 27.4 Å². The fourth-order valence-corrected chi connectivity index (χ4v) is 3.39. The number of fused-ring (bicyclic) bond motifs is 1. The second-order valence-corrected chi connectivity index (χ2v) is 8.33. The summed E-state index contributed by atoms with van der Waals surface area (Å²) in [5.74, 6) is 1.37. The molecular formula is C19H21NO5S. The van der Waals surface area contributed by atoms with Crippen molar-refractivity contribution in [3.05, 3.63) is 53.6 Å². The van der Waals surface area contributed by atoms with Gasteiger partial charge >= 0.3 is 0 Å². The van der Waals surface area contributed by atoms with Gasteiger partial charge in [0.15, 0.2) is 21.3 Å². The minimum absolute atomic E-state index is 0.0673. The number of carbonyl (C=O) groups excluding carboxylic acids is 1. The predicted octanol–water partition coefficient (Wildman–Crippen LogP) is 2.63. The van der Waals surface area contributed by atoms with E-state index in [0.717, 1.165) is 16.9 Å². The van der Waals surface area contributed by atoms with Crippen LogP contribution in [0.15, 0.2) is 47.4 Å². The van der Waals surface area contributed by atoms with Gasteiger partial charge in [0.1, 0.15) is 0 Å². The number of nitrogens with one attached hydrogen (secondary N) is 1. The molecule has 26 heavy (non-hydrogen) atoms. The predicted molar refractivity (Wildman–Crippen MR) is 97.0 cm³/mol. The Morgan fingerprint density at radius 2 is 1.81 bits per heavy atom. The highest BCUT2D eigenvalue weighted by Gasteiger charge is 2.15. The van der Waals surface area contributed by atoms with Crippen molar-refractivity contribution in [2.45, 2.75) is 30.7 Å². The molecule has 1 atom stereocenters. The van der Waals surface area contributed by atoms with Crippen molar-refractivity contribution in [1.29, 1.82) is 0 Å². The van der Waals surface area contributed by atoms with Crippen LogP contribution in [0.5, 0.6) is 11.5 Å². The highest BCUT2D eigenvalue weighted by Crippen LogP contribution is 2.32. The van der Waals surface area contributed by atoms with E-state index in [0.29, 0.717) is 18.6 Å². The Kier molecular flexibility index (Phi) is 5.18. The molecule has 7 heteroatoms. The fourth-order valence-electron chi connectivity index (χ4n) is 2.76. The fraction of sp³-hybridized carbons (Fsp3) is 0.316. The van der Waals surface area contributed by atoms with Crippen molar-refractivity contribution >= 4 is 15.7 Å². The Labute approximate surface area is 153 Å². The number of aryl methyl sites for hydroxylation is 1. The molecule has 0 radical (unpaired) electrons. The van der Waals surface area contributed by atoms with Gasteiger partial charge in [0.05, 0.1) is 10.9 Å². The lowest BCUT2D eigenvalue weighted by molar-refractivity contribution is -0.121. The van der Waals surface area contributed by atoms with E-state index >= 15 is 0 Å². The van der Waals surface area contributed by atoms with Crippen molar-refractivity contribution in [2.24, 2.45) is 0 Å². The Morgan fingerprint density at radius 1 is 1.12 bits per heavy atom. The molecule has 0 aliphatic carbocycles. The number of carbonyl (C=O) groups is 1. The summed E-state index contributed by atoms with van der Waals surface area (Å²) in [4.78, 5) is 12.5. The third-order valence-corrected chi connectivity index (χ3v) is 5.39. The van der Waals surface area contributed by atoms with Crippen LogP contribution in [0, 0.1) is 0 Å². The molecule has 0 bridgehead atoms. The molecule has 1 unspecified atom stereocenters. The molecule has 1 aliphatic rings. The lowest BCUT2D eigenvalue weighted by Gasteiger charge is -2.15. The van der Waals surface area contributed by atoms with Gasteiger partial charge in [-0.1, -0.05) is 18.2 Å². The lowest BCUT2D eigenvalue weighted by Crippen LogP contribution is -2.26. The summed E-state index contributed by atoms with van der Waals surface area (Å²) >= 11 is 0. The van der Waals surface area contributed by atoms with Gasteiger partial charge in [0, 0.05) is 12.7 Å². The van der Waals surface area contributed by atoms with E-state index in [1.54, 1.807) is 24.3 Å². The number of hydrogen-bond donors (Lipinski definition) is 1. The summed E-state index contributed by atoms with van der Waals surface area (Å²) in [6.07, 6.45) is 2.12. The molecule has 0 fully saturated rings. The Bertz CT molecular complexity index is 906. The van der Waals surface area contributed by atoms with Crippen molar-refractivity contribution in [1.82, 2.24) is 5.32 Å². The molecule has 1 aliphatic heterocycles. The number of ether oxygens (including phenoxy) is 2. The Balaban J connectivity index is 1.54. The molecule has 1 amide bonds. The molecular weight excluding hydrogens is 354 g/mol. The molecule has 138 valence electrons. The first-order chi connectivity index (χ1) is 12.3. The molecule has 3 rings (SSSR count). The smallest absolute Gasteiger partial charge is 0.231 e. The van der Waals surface area contributed by atoms with E-state index in [-0.39, 0.29) is 23.6 Å². The monoisotopic (exact) mass is 375 g/mol. The van der Waals surface area contributed by atoms with Gasteiger partial charge in [0.25, 0.3) is 0 Å². The van der Waals surface area contributed by atoms with Crippen LogP contribution in [0.3, 0.4) is 0 Å². The molecule has 1 heterocycles. The maximum Gasteiger partial charge on any atom is 0.231 e. The molecule has 0 aromatic heterocycles. The van der Waals surface area contributed by atoms with Gasteiger partial charge < -0.3 is 14.8 Å². The Morgan fingerprint density at radius 3 is 2.50 bits per heavy atom. The number of hydrogen-bond acceptors (Lipinski definition) is 5. The SMILES string of the molecule is CC(NC(=O)CCc1ccc2c(c1)OCO2)c1ccc(S(C)(=O)=O)cc1. The summed E-state index contributed by atoms with van der Waals surface area (Å²) in [5.41, 5.74) is 1.86. The second-order valence-electron chi connectivity index (χ2n) is 6.32. The van der Waals surface area contributed by atoms with Gasteiger partial charge in [-0.3, -0.25) is 4.79 Å². The molecule has 1 N–H and O–H groups in total. The van der Waals surface area contributed by atoms with E-state index in [1.165, 1.54) is 6.26 Å². The number of rotatable bonds is 6. The van der Waals surface area contributed by atoms with Crippen LogP contribution < -0.4 is 14.8 Å². The molecule has 0 spiro atoms.